The van der Waals surface area contributed by atoms with Crippen molar-refractivity contribution < 1.29 is 18.3 Å². The summed E-state index contributed by atoms with van der Waals surface area (Å²) >= 11 is 0. The summed E-state index contributed by atoms with van der Waals surface area (Å²) in [5.74, 6) is 1.01. The highest BCUT2D eigenvalue weighted by molar-refractivity contribution is 7.18. The molecule has 8 heteroatoms. The molecule has 28 heavy (non-hydrogen) atoms. The van der Waals surface area contributed by atoms with Crippen LogP contribution < -0.4 is 15.0 Å². The number of ether oxygens (including phenoxy) is 1. The van der Waals surface area contributed by atoms with E-state index in [1.54, 1.807) is 18.3 Å². The van der Waals surface area contributed by atoms with Gasteiger partial charge in [0.1, 0.15) is 11.6 Å². The molecule has 0 spiro atoms. The van der Waals surface area contributed by atoms with Crippen LogP contribution in [-0.4, -0.2) is 36.3 Å². The van der Waals surface area contributed by atoms with Gasteiger partial charge >= 0.3 is 0 Å². The van der Waals surface area contributed by atoms with Gasteiger partial charge in [-0.1, -0.05) is 15.3 Å². The summed E-state index contributed by atoms with van der Waals surface area (Å²) in [6, 6.07) is 10.0. The van der Waals surface area contributed by atoms with Crippen molar-refractivity contribution in [3.05, 3.63) is 53.7 Å². The first-order chi connectivity index (χ1) is 13.4. The van der Waals surface area contributed by atoms with Crippen molar-refractivity contribution in [2.24, 2.45) is 0 Å². The fraction of sp³-hybridized carbons (Fsp3) is 0.400. The molecule has 150 valence electrons. The average molecular weight is 407 g/mol. The third-order valence-corrected chi connectivity index (χ3v) is 4.66. The average Bonchev–Trinajstić information content (AvgIpc) is 2.71. The maximum Gasteiger partial charge on any atom is 0.291 e. The maximum absolute atomic E-state index is 12.8. The molecule has 1 N–H and O–H groups in total. The van der Waals surface area contributed by atoms with E-state index in [2.05, 4.69) is 15.2 Å². The normalized spacial score (nSPS) is 14.6. The molecule has 1 saturated heterocycles. The van der Waals surface area contributed by atoms with E-state index in [0.717, 1.165) is 24.5 Å². The number of pyridine rings is 1. The van der Waals surface area contributed by atoms with Crippen molar-refractivity contribution in [1.82, 2.24) is 10.3 Å². The molecule has 2 aromatic rings. The Hall–Kier alpha value is -2.27. The minimum Gasteiger partial charge on any atom is -0.487 e. The van der Waals surface area contributed by atoms with Crippen molar-refractivity contribution in [3.63, 3.8) is 0 Å². The molecule has 1 atom stereocenters. The van der Waals surface area contributed by atoms with Crippen LogP contribution in [-0.2, 0) is 6.54 Å². The Morgan fingerprint density at radius 3 is 2.46 bits per heavy atom. The summed E-state index contributed by atoms with van der Waals surface area (Å²) in [6.45, 7) is 1.71. The highest BCUT2D eigenvalue weighted by atomic mass is 31.0. The molecule has 1 aliphatic heterocycles. The van der Waals surface area contributed by atoms with Crippen LogP contribution in [0.25, 0.3) is 0 Å². The maximum atomic E-state index is 12.8. The van der Waals surface area contributed by atoms with E-state index in [1.165, 1.54) is 40.6 Å². The zero-order valence-corrected chi connectivity index (χ0v) is 16.7. The number of alkyl halides is 2. The Balaban J connectivity index is 1.49. The highest BCUT2D eigenvalue weighted by Crippen LogP contribution is 2.23. The van der Waals surface area contributed by atoms with Gasteiger partial charge in [-0.15, -0.1) is 0 Å². The minimum absolute atomic E-state index is 0.247. The molecule has 1 amide bonds. The van der Waals surface area contributed by atoms with Gasteiger partial charge in [0.05, 0.1) is 0 Å². The largest absolute Gasteiger partial charge is 0.487 e. The van der Waals surface area contributed by atoms with Crippen molar-refractivity contribution >= 4 is 21.0 Å². The van der Waals surface area contributed by atoms with Gasteiger partial charge in [-0.05, 0) is 55.2 Å². The van der Waals surface area contributed by atoms with E-state index in [0.29, 0.717) is 12.1 Å². The molecule has 0 radical (unpaired) electrons. The number of piperidine rings is 1. The number of nitrogens with zero attached hydrogens (tertiary/aromatic N) is 2. The summed E-state index contributed by atoms with van der Waals surface area (Å²) in [5.41, 5.74) is -1.63. The molecule has 1 aromatic carbocycles. The van der Waals surface area contributed by atoms with Crippen LogP contribution in [0.15, 0.2) is 42.6 Å². The third-order valence-electron chi connectivity index (χ3n) is 4.49. The van der Waals surface area contributed by atoms with Crippen molar-refractivity contribution in [2.45, 2.75) is 31.5 Å². The molecule has 5 nitrogen and oxygen atoms in total. The smallest absolute Gasteiger partial charge is 0.291 e. The first-order valence-electron chi connectivity index (χ1n) is 9.28. The topological polar surface area (TPSA) is 54.5 Å². The van der Waals surface area contributed by atoms with Gasteiger partial charge in [-0.25, -0.2) is 4.98 Å². The zero-order valence-electron chi connectivity index (χ0n) is 15.5. The highest BCUT2D eigenvalue weighted by Gasteiger charge is 2.22. The molecule has 1 unspecified atom stereocenters. The Bertz CT molecular complexity index is 774. The number of amides is 1. The van der Waals surface area contributed by atoms with Crippen LogP contribution in [0.4, 0.5) is 14.6 Å². The number of hydrogen-bond acceptors (Lipinski definition) is 4. The number of nitrogens with one attached hydrogen (secondary N) is 1. The standard InChI is InChI=1S/C20H24F2N3O2P/c21-20(22,28)14-27-17-7-5-16(6-8-17)19(26)24-13-15-4-9-18(23-12-15)25-10-2-1-3-11-25/h4-9,12H,1-3,10-11,13-14,28H2,(H,24,26). The monoisotopic (exact) mass is 407 g/mol. The number of anilines is 1. The Kier molecular flexibility index (Phi) is 6.79. The van der Waals surface area contributed by atoms with E-state index >= 15 is 0 Å². The van der Waals surface area contributed by atoms with Crippen LogP contribution in [0.2, 0.25) is 0 Å². The number of halogens is 2. The minimum atomic E-state index is -2.98. The van der Waals surface area contributed by atoms with E-state index in [1.807, 2.05) is 12.1 Å². The second-order valence-electron chi connectivity index (χ2n) is 6.83. The molecule has 2 heterocycles. The summed E-state index contributed by atoms with van der Waals surface area (Å²) in [5, 5.41) is 2.83. The molecule has 1 aromatic heterocycles. The van der Waals surface area contributed by atoms with Gasteiger partial charge in [0, 0.05) is 31.4 Å². The quantitative estimate of drug-likeness (QED) is 0.709. The van der Waals surface area contributed by atoms with Gasteiger partial charge in [-0.2, -0.15) is 8.78 Å². The number of aromatic nitrogens is 1. The predicted molar refractivity (Wildman–Crippen MR) is 108 cm³/mol. The fourth-order valence-corrected chi connectivity index (χ4v) is 3.08. The number of hydrogen-bond donors (Lipinski definition) is 1. The second kappa shape index (κ2) is 9.28. The van der Waals surface area contributed by atoms with Gasteiger partial charge in [0.2, 0.25) is 0 Å². The summed E-state index contributed by atoms with van der Waals surface area (Å²) < 4.78 is 30.5. The SMILES string of the molecule is O=C(NCc1ccc(N2CCCCC2)nc1)c1ccc(OCC(F)(F)P)cc1. The summed E-state index contributed by atoms with van der Waals surface area (Å²) in [4.78, 5) is 19.0. The Labute approximate surface area is 165 Å². The van der Waals surface area contributed by atoms with E-state index < -0.39 is 12.3 Å². The predicted octanol–water partition coefficient (Wildman–Crippen LogP) is 3.85. The first kappa shape index (κ1) is 20.5. The molecule has 3 rings (SSSR count). The third kappa shape index (κ3) is 6.13. The molecular formula is C20H24F2N3O2P. The zero-order chi connectivity index (χ0) is 20.0. The van der Waals surface area contributed by atoms with E-state index in [9.17, 15) is 13.6 Å². The number of carbonyl (C=O) groups is 1. The Morgan fingerprint density at radius 1 is 1.14 bits per heavy atom. The lowest BCUT2D eigenvalue weighted by Gasteiger charge is -2.27. The van der Waals surface area contributed by atoms with Crippen LogP contribution >= 0.6 is 9.24 Å². The van der Waals surface area contributed by atoms with Gasteiger partial charge < -0.3 is 15.0 Å². The van der Waals surface area contributed by atoms with E-state index in [-0.39, 0.29) is 11.7 Å². The van der Waals surface area contributed by atoms with Crippen molar-refractivity contribution in [1.29, 1.82) is 0 Å². The van der Waals surface area contributed by atoms with Gasteiger partial charge in [0.25, 0.3) is 11.6 Å². The molecule has 1 aliphatic rings. The van der Waals surface area contributed by atoms with E-state index in [4.69, 9.17) is 4.74 Å². The number of benzene rings is 1. The first-order valence-corrected chi connectivity index (χ1v) is 9.86. The fourth-order valence-electron chi connectivity index (χ4n) is 3.00. The van der Waals surface area contributed by atoms with Gasteiger partial charge in [0.15, 0.2) is 6.61 Å². The molecule has 1 fully saturated rings. The lowest BCUT2D eigenvalue weighted by Crippen LogP contribution is -2.30. The number of rotatable bonds is 7. The lowest BCUT2D eigenvalue weighted by atomic mass is 10.1. The number of carbonyl (C=O) groups excluding carboxylic acids is 1. The molecular weight excluding hydrogens is 383 g/mol. The molecule has 0 saturated carbocycles. The van der Waals surface area contributed by atoms with Crippen molar-refractivity contribution in [2.75, 3.05) is 24.6 Å². The Morgan fingerprint density at radius 2 is 1.86 bits per heavy atom. The lowest BCUT2D eigenvalue weighted by molar-refractivity contribution is 0.0461. The van der Waals surface area contributed by atoms with Crippen molar-refractivity contribution in [3.8, 4) is 5.75 Å². The van der Waals surface area contributed by atoms with Gasteiger partial charge in [-0.3, -0.25) is 4.79 Å². The summed E-state index contributed by atoms with van der Waals surface area (Å²) in [7, 11) is 1.42. The van der Waals surface area contributed by atoms with Crippen LogP contribution in [0, 0.1) is 0 Å². The summed E-state index contributed by atoms with van der Waals surface area (Å²) in [6.07, 6.45) is 5.45. The van der Waals surface area contributed by atoms with Crippen LogP contribution in [0.3, 0.4) is 0 Å². The van der Waals surface area contributed by atoms with Crippen LogP contribution in [0.1, 0.15) is 35.2 Å². The second-order valence-corrected chi connectivity index (χ2v) is 7.67. The molecule has 0 aliphatic carbocycles. The molecule has 0 bridgehead atoms. The van der Waals surface area contributed by atoms with Crippen LogP contribution in [0.5, 0.6) is 5.75 Å².